The molecule has 0 saturated heterocycles. The van der Waals surface area contributed by atoms with Crippen LogP contribution in [0.1, 0.15) is 57.0 Å². The molecule has 1 aromatic rings. The van der Waals surface area contributed by atoms with Gasteiger partial charge in [-0.15, -0.1) is 0 Å². The Bertz CT molecular complexity index is 545. The van der Waals surface area contributed by atoms with E-state index in [1.54, 1.807) is 12.1 Å². The fraction of sp³-hybridized carbons (Fsp3) is 0.579. The maximum atomic E-state index is 12.4. The Labute approximate surface area is 144 Å². The number of hydrogen-bond donors (Lipinski definition) is 3. The van der Waals surface area contributed by atoms with Gasteiger partial charge in [0.05, 0.1) is 0 Å². The molecule has 134 valence electrons. The number of rotatable bonds is 7. The number of carbonyl (C=O) groups is 2. The van der Waals surface area contributed by atoms with E-state index in [0.717, 1.165) is 5.56 Å². The summed E-state index contributed by atoms with van der Waals surface area (Å²) >= 11 is 0. The number of benzene rings is 1. The van der Waals surface area contributed by atoms with E-state index in [0.29, 0.717) is 18.5 Å². The smallest absolute Gasteiger partial charge is 0.251 e. The van der Waals surface area contributed by atoms with E-state index in [-0.39, 0.29) is 29.8 Å². The zero-order valence-electron chi connectivity index (χ0n) is 15.3. The Kier molecular flexibility index (Phi) is 7.42. The van der Waals surface area contributed by atoms with Gasteiger partial charge in [-0.1, -0.05) is 46.8 Å². The van der Waals surface area contributed by atoms with Gasteiger partial charge in [-0.25, -0.2) is 0 Å². The molecule has 1 rings (SSSR count). The lowest BCUT2D eigenvalue weighted by Gasteiger charge is -2.22. The topological polar surface area (TPSA) is 78.4 Å². The van der Waals surface area contributed by atoms with Gasteiger partial charge in [0.15, 0.2) is 0 Å². The normalized spacial score (nSPS) is 12.8. The van der Waals surface area contributed by atoms with Crippen LogP contribution >= 0.6 is 0 Å². The predicted octanol–water partition coefficient (Wildman–Crippen LogP) is 2.24. The molecule has 0 heterocycles. The maximum absolute atomic E-state index is 12.4. The molecule has 1 aromatic carbocycles. The van der Waals surface area contributed by atoms with Crippen molar-refractivity contribution < 1.29 is 14.7 Å². The van der Waals surface area contributed by atoms with Crippen LogP contribution in [0.3, 0.4) is 0 Å². The number of nitrogens with one attached hydrogen (secondary N) is 2. The summed E-state index contributed by atoms with van der Waals surface area (Å²) in [7, 11) is 0. The second-order valence-electron chi connectivity index (χ2n) is 7.39. The minimum absolute atomic E-state index is 0.0269. The van der Waals surface area contributed by atoms with Crippen LogP contribution in [-0.4, -0.2) is 36.1 Å². The molecule has 0 aromatic heterocycles. The molecule has 0 radical (unpaired) electrons. The largest absolute Gasteiger partial charge is 0.396 e. The molecule has 0 aliphatic heterocycles. The summed E-state index contributed by atoms with van der Waals surface area (Å²) in [5, 5.41) is 14.3. The van der Waals surface area contributed by atoms with E-state index < -0.39 is 6.04 Å². The number of aliphatic hydroxyl groups is 1. The Morgan fingerprint density at radius 2 is 1.71 bits per heavy atom. The van der Waals surface area contributed by atoms with Gasteiger partial charge in [0.2, 0.25) is 5.91 Å². The van der Waals surface area contributed by atoms with Crippen molar-refractivity contribution in [3.63, 3.8) is 0 Å². The zero-order valence-corrected chi connectivity index (χ0v) is 15.3. The number of amides is 2. The quantitative estimate of drug-likeness (QED) is 0.669. The molecule has 0 spiro atoms. The molecule has 0 aliphatic carbocycles. The van der Waals surface area contributed by atoms with Crippen molar-refractivity contribution in [1.29, 1.82) is 0 Å². The van der Waals surface area contributed by atoms with E-state index in [1.165, 1.54) is 0 Å². The van der Waals surface area contributed by atoms with Gasteiger partial charge in [0, 0.05) is 18.7 Å². The maximum Gasteiger partial charge on any atom is 0.251 e. The molecule has 0 aliphatic rings. The van der Waals surface area contributed by atoms with Crippen molar-refractivity contribution in [2.75, 3.05) is 13.2 Å². The summed E-state index contributed by atoms with van der Waals surface area (Å²) in [5.74, 6) is -0.512. The highest BCUT2D eigenvalue weighted by Crippen LogP contribution is 2.22. The molecular formula is C19H30N2O3. The molecule has 0 bridgehead atoms. The summed E-state index contributed by atoms with van der Waals surface area (Å²) in [4.78, 5) is 24.6. The van der Waals surface area contributed by atoms with Crippen molar-refractivity contribution in [2.24, 2.45) is 5.92 Å². The average molecular weight is 334 g/mol. The lowest BCUT2D eigenvalue weighted by atomic mass is 9.86. The van der Waals surface area contributed by atoms with Crippen LogP contribution in [0.5, 0.6) is 0 Å². The van der Waals surface area contributed by atoms with Crippen molar-refractivity contribution in [2.45, 2.75) is 52.5 Å². The van der Waals surface area contributed by atoms with Gasteiger partial charge < -0.3 is 15.7 Å². The molecule has 0 unspecified atom stereocenters. The van der Waals surface area contributed by atoms with Gasteiger partial charge in [-0.3, -0.25) is 9.59 Å². The summed E-state index contributed by atoms with van der Waals surface area (Å²) in [6, 6.07) is 6.87. The van der Waals surface area contributed by atoms with Crippen LogP contribution in [0.4, 0.5) is 0 Å². The molecule has 0 fully saturated rings. The van der Waals surface area contributed by atoms with Crippen LogP contribution < -0.4 is 10.6 Å². The highest BCUT2D eigenvalue weighted by molar-refractivity contribution is 5.97. The molecule has 3 N–H and O–H groups in total. The Morgan fingerprint density at radius 1 is 1.12 bits per heavy atom. The van der Waals surface area contributed by atoms with Gasteiger partial charge >= 0.3 is 0 Å². The Morgan fingerprint density at radius 3 is 2.17 bits per heavy atom. The van der Waals surface area contributed by atoms with Gasteiger partial charge in [-0.2, -0.15) is 0 Å². The number of hydrogen-bond acceptors (Lipinski definition) is 3. The van der Waals surface area contributed by atoms with Crippen molar-refractivity contribution in [1.82, 2.24) is 10.6 Å². The fourth-order valence-electron chi connectivity index (χ4n) is 2.28. The Balaban J connectivity index is 2.76. The van der Waals surface area contributed by atoms with Crippen LogP contribution in [-0.2, 0) is 10.2 Å². The second-order valence-corrected chi connectivity index (χ2v) is 7.39. The molecule has 5 heteroatoms. The Hall–Kier alpha value is -1.88. The van der Waals surface area contributed by atoms with Crippen molar-refractivity contribution in [3.05, 3.63) is 35.4 Å². The van der Waals surface area contributed by atoms with Crippen LogP contribution in [0.15, 0.2) is 24.3 Å². The summed E-state index contributed by atoms with van der Waals surface area (Å²) in [5.41, 5.74) is 1.72. The van der Waals surface area contributed by atoms with E-state index >= 15 is 0 Å². The van der Waals surface area contributed by atoms with Crippen LogP contribution in [0, 0.1) is 5.92 Å². The van der Waals surface area contributed by atoms with Gasteiger partial charge in [-0.05, 0) is 35.4 Å². The van der Waals surface area contributed by atoms with Gasteiger partial charge in [0.25, 0.3) is 5.91 Å². The third-order valence-electron chi connectivity index (χ3n) is 3.88. The lowest BCUT2D eigenvalue weighted by Crippen LogP contribution is -2.49. The van der Waals surface area contributed by atoms with Crippen LogP contribution in [0.2, 0.25) is 0 Å². The number of carbonyl (C=O) groups excluding carboxylic acids is 2. The summed E-state index contributed by atoms with van der Waals surface area (Å²) < 4.78 is 0. The monoisotopic (exact) mass is 334 g/mol. The standard InChI is InChI=1S/C19H30N2O3/c1-13(2)16(18(24)20-11-6-12-22)21-17(23)14-7-9-15(10-8-14)19(3,4)5/h7-10,13,16,22H,6,11-12H2,1-5H3,(H,20,24)(H,21,23)/t16-/m0/s1. The third kappa shape index (κ3) is 5.96. The first-order valence-corrected chi connectivity index (χ1v) is 8.46. The third-order valence-corrected chi connectivity index (χ3v) is 3.88. The van der Waals surface area contributed by atoms with Gasteiger partial charge in [0.1, 0.15) is 6.04 Å². The van der Waals surface area contributed by atoms with E-state index in [1.807, 2.05) is 26.0 Å². The summed E-state index contributed by atoms with van der Waals surface area (Å²) in [6.07, 6.45) is 0.499. The highest BCUT2D eigenvalue weighted by atomic mass is 16.3. The first kappa shape index (κ1) is 20.2. The summed E-state index contributed by atoms with van der Waals surface area (Å²) in [6.45, 7) is 10.6. The fourth-order valence-corrected chi connectivity index (χ4v) is 2.28. The zero-order chi connectivity index (χ0) is 18.3. The molecule has 0 saturated carbocycles. The first-order chi connectivity index (χ1) is 11.2. The SMILES string of the molecule is CC(C)[C@H](NC(=O)c1ccc(C(C)(C)C)cc1)C(=O)NCCCO. The molecule has 1 atom stereocenters. The minimum atomic E-state index is -0.599. The molecule has 2 amide bonds. The van der Waals surface area contributed by atoms with Crippen molar-refractivity contribution >= 4 is 11.8 Å². The predicted molar refractivity (Wildman–Crippen MR) is 95.9 cm³/mol. The molecular weight excluding hydrogens is 304 g/mol. The van der Waals surface area contributed by atoms with E-state index in [9.17, 15) is 9.59 Å². The molecule has 24 heavy (non-hydrogen) atoms. The van der Waals surface area contributed by atoms with E-state index in [4.69, 9.17) is 5.11 Å². The van der Waals surface area contributed by atoms with Crippen LogP contribution in [0.25, 0.3) is 0 Å². The number of aliphatic hydroxyl groups excluding tert-OH is 1. The minimum Gasteiger partial charge on any atom is -0.396 e. The lowest BCUT2D eigenvalue weighted by molar-refractivity contribution is -0.123. The van der Waals surface area contributed by atoms with E-state index in [2.05, 4.69) is 31.4 Å². The van der Waals surface area contributed by atoms with Crippen molar-refractivity contribution in [3.8, 4) is 0 Å². The second kappa shape index (κ2) is 8.83. The molecule has 5 nitrogen and oxygen atoms in total. The first-order valence-electron chi connectivity index (χ1n) is 8.46. The highest BCUT2D eigenvalue weighted by Gasteiger charge is 2.24. The average Bonchev–Trinajstić information content (AvgIpc) is 2.51.